The van der Waals surface area contributed by atoms with E-state index in [0.29, 0.717) is 21.3 Å². The SMILES string of the molecule is CCC1(CNS(=O)(=O)c2cc(CNC3CC3)sc2Br)CC1. The summed E-state index contributed by atoms with van der Waals surface area (Å²) in [7, 11) is -3.41. The third kappa shape index (κ3) is 3.88. The van der Waals surface area contributed by atoms with Crippen molar-refractivity contribution in [3.63, 3.8) is 0 Å². The molecule has 2 saturated carbocycles. The van der Waals surface area contributed by atoms with Crippen molar-refractivity contribution < 1.29 is 8.42 Å². The first-order valence-corrected chi connectivity index (χ1v) is 10.5. The fourth-order valence-corrected chi connectivity index (χ4v) is 6.15. The van der Waals surface area contributed by atoms with Crippen molar-refractivity contribution in [1.29, 1.82) is 0 Å². The second-order valence-corrected chi connectivity index (χ2v) is 10.4. The van der Waals surface area contributed by atoms with E-state index in [0.717, 1.165) is 30.7 Å². The molecule has 0 spiro atoms. The molecule has 0 aromatic carbocycles. The molecule has 0 aliphatic heterocycles. The van der Waals surface area contributed by atoms with Crippen molar-refractivity contribution in [2.45, 2.75) is 56.5 Å². The molecular formula is C14H21BrN2O2S2. The maximum atomic E-state index is 12.5. The first-order chi connectivity index (χ1) is 9.94. The highest BCUT2D eigenvalue weighted by molar-refractivity contribution is 9.11. The van der Waals surface area contributed by atoms with Gasteiger partial charge in [0.1, 0.15) is 4.90 Å². The summed E-state index contributed by atoms with van der Waals surface area (Å²) in [5, 5.41) is 3.41. The monoisotopic (exact) mass is 392 g/mol. The van der Waals surface area contributed by atoms with Gasteiger partial charge in [-0.1, -0.05) is 6.92 Å². The molecule has 0 unspecified atom stereocenters. The fraction of sp³-hybridized carbons (Fsp3) is 0.714. The average Bonchev–Trinajstić information content (AvgIpc) is 3.35. The van der Waals surface area contributed by atoms with Gasteiger partial charge in [-0.25, -0.2) is 13.1 Å². The Hall–Kier alpha value is 0.0500. The summed E-state index contributed by atoms with van der Waals surface area (Å²) < 4.78 is 28.4. The van der Waals surface area contributed by atoms with Crippen LogP contribution < -0.4 is 10.0 Å². The van der Waals surface area contributed by atoms with Crippen LogP contribution in [-0.2, 0) is 16.6 Å². The van der Waals surface area contributed by atoms with Crippen LogP contribution >= 0.6 is 27.3 Å². The Balaban J connectivity index is 1.65. The summed E-state index contributed by atoms with van der Waals surface area (Å²) in [6.45, 7) is 3.44. The lowest BCUT2D eigenvalue weighted by atomic mass is 10.1. The van der Waals surface area contributed by atoms with Crippen molar-refractivity contribution in [2.24, 2.45) is 5.41 Å². The number of thiophene rings is 1. The molecule has 2 N–H and O–H groups in total. The van der Waals surface area contributed by atoms with Crippen molar-refractivity contribution in [2.75, 3.05) is 6.54 Å². The lowest BCUT2D eigenvalue weighted by molar-refractivity contribution is 0.475. The molecule has 1 aromatic rings. The van der Waals surface area contributed by atoms with Crippen LogP contribution in [0.25, 0.3) is 0 Å². The van der Waals surface area contributed by atoms with Crippen LogP contribution in [-0.4, -0.2) is 21.0 Å². The van der Waals surface area contributed by atoms with E-state index in [9.17, 15) is 8.42 Å². The molecule has 1 heterocycles. The molecule has 0 saturated heterocycles. The molecule has 2 aliphatic carbocycles. The quantitative estimate of drug-likeness (QED) is 0.713. The second kappa shape index (κ2) is 5.92. The van der Waals surface area contributed by atoms with E-state index in [-0.39, 0.29) is 5.41 Å². The van der Waals surface area contributed by atoms with Gasteiger partial charge in [0, 0.05) is 24.0 Å². The third-order valence-corrected chi connectivity index (χ3v) is 8.14. The van der Waals surface area contributed by atoms with Gasteiger partial charge in [-0.15, -0.1) is 11.3 Å². The van der Waals surface area contributed by atoms with Gasteiger partial charge in [-0.05, 0) is 59.5 Å². The van der Waals surface area contributed by atoms with Crippen LogP contribution in [0.4, 0.5) is 0 Å². The van der Waals surface area contributed by atoms with Gasteiger partial charge in [0.15, 0.2) is 0 Å². The van der Waals surface area contributed by atoms with E-state index in [1.54, 1.807) is 6.07 Å². The van der Waals surface area contributed by atoms with Gasteiger partial charge in [0.25, 0.3) is 0 Å². The molecule has 7 heteroatoms. The van der Waals surface area contributed by atoms with Crippen LogP contribution in [0.5, 0.6) is 0 Å². The highest BCUT2D eigenvalue weighted by Crippen LogP contribution is 2.48. The summed E-state index contributed by atoms with van der Waals surface area (Å²) in [4.78, 5) is 1.44. The van der Waals surface area contributed by atoms with Gasteiger partial charge in [-0.2, -0.15) is 0 Å². The summed E-state index contributed by atoms with van der Waals surface area (Å²) in [5.41, 5.74) is 0.214. The van der Waals surface area contributed by atoms with Crippen LogP contribution in [0.3, 0.4) is 0 Å². The minimum absolute atomic E-state index is 0.214. The van der Waals surface area contributed by atoms with Crippen LogP contribution in [0.15, 0.2) is 14.7 Å². The van der Waals surface area contributed by atoms with Gasteiger partial charge in [-0.3, -0.25) is 0 Å². The molecule has 0 bridgehead atoms. The Bertz CT molecular complexity index is 619. The largest absolute Gasteiger partial charge is 0.309 e. The topological polar surface area (TPSA) is 58.2 Å². The van der Waals surface area contributed by atoms with Crippen molar-refractivity contribution in [3.05, 3.63) is 14.7 Å². The van der Waals surface area contributed by atoms with Crippen molar-refractivity contribution in [3.8, 4) is 0 Å². The predicted molar refractivity (Wildman–Crippen MR) is 89.0 cm³/mol. The van der Waals surface area contributed by atoms with E-state index < -0.39 is 10.0 Å². The van der Waals surface area contributed by atoms with Gasteiger partial charge in [0.05, 0.1) is 3.79 Å². The molecule has 0 amide bonds. The first kappa shape index (κ1) is 15.9. The average molecular weight is 393 g/mol. The summed E-state index contributed by atoms with van der Waals surface area (Å²) in [6, 6.07) is 2.42. The van der Waals surface area contributed by atoms with Crippen molar-refractivity contribution >= 4 is 37.3 Å². The van der Waals surface area contributed by atoms with Crippen LogP contribution in [0, 0.1) is 5.41 Å². The minimum atomic E-state index is -3.41. The molecule has 1 aromatic heterocycles. The lowest BCUT2D eigenvalue weighted by Gasteiger charge is -2.13. The van der Waals surface area contributed by atoms with Gasteiger partial charge >= 0.3 is 0 Å². The summed E-state index contributed by atoms with van der Waals surface area (Å²) in [6.07, 6.45) is 5.77. The standard InChI is InChI=1S/C14H21BrN2O2S2/c1-2-14(5-6-14)9-17-21(18,19)12-7-11(20-13(12)15)8-16-10-3-4-10/h7,10,16-17H,2-6,8-9H2,1H3. The van der Waals surface area contributed by atoms with E-state index in [1.807, 2.05) is 0 Å². The van der Waals surface area contributed by atoms with Gasteiger partial charge in [0.2, 0.25) is 10.0 Å². The van der Waals surface area contributed by atoms with E-state index in [4.69, 9.17) is 0 Å². The number of halogens is 1. The zero-order valence-corrected chi connectivity index (χ0v) is 15.3. The second-order valence-electron chi connectivity index (χ2n) is 6.18. The number of hydrogen-bond donors (Lipinski definition) is 2. The highest BCUT2D eigenvalue weighted by Gasteiger charge is 2.41. The van der Waals surface area contributed by atoms with Crippen LogP contribution in [0.2, 0.25) is 0 Å². The Morgan fingerprint density at radius 3 is 2.71 bits per heavy atom. The van der Waals surface area contributed by atoms with E-state index in [2.05, 4.69) is 32.9 Å². The normalized spacial score (nSPS) is 20.7. The number of sulfonamides is 1. The van der Waals surface area contributed by atoms with E-state index in [1.165, 1.54) is 24.2 Å². The van der Waals surface area contributed by atoms with Crippen LogP contribution in [0.1, 0.15) is 43.9 Å². The van der Waals surface area contributed by atoms with E-state index >= 15 is 0 Å². The summed E-state index contributed by atoms with van der Waals surface area (Å²) in [5.74, 6) is 0. The molecule has 2 fully saturated rings. The smallest absolute Gasteiger partial charge is 0.242 e. The molecule has 4 nitrogen and oxygen atoms in total. The predicted octanol–water partition coefficient (Wildman–Crippen LogP) is 3.23. The molecule has 3 rings (SSSR count). The maximum Gasteiger partial charge on any atom is 0.242 e. The third-order valence-electron chi connectivity index (χ3n) is 4.48. The highest BCUT2D eigenvalue weighted by atomic mass is 79.9. The van der Waals surface area contributed by atoms with Gasteiger partial charge < -0.3 is 5.32 Å². The zero-order valence-electron chi connectivity index (χ0n) is 12.1. The number of hydrogen-bond acceptors (Lipinski definition) is 4. The summed E-state index contributed by atoms with van der Waals surface area (Å²) >= 11 is 4.90. The Kier molecular flexibility index (Phi) is 4.49. The Morgan fingerprint density at radius 1 is 1.43 bits per heavy atom. The molecule has 2 aliphatic rings. The number of nitrogens with one attached hydrogen (secondary N) is 2. The molecule has 0 atom stereocenters. The Morgan fingerprint density at radius 2 is 2.14 bits per heavy atom. The first-order valence-electron chi connectivity index (χ1n) is 7.45. The fourth-order valence-electron chi connectivity index (χ4n) is 2.36. The zero-order chi connectivity index (χ0) is 15.1. The molecule has 0 radical (unpaired) electrons. The minimum Gasteiger partial charge on any atom is -0.309 e. The molecular weight excluding hydrogens is 372 g/mol. The maximum absolute atomic E-state index is 12.5. The molecule has 21 heavy (non-hydrogen) atoms. The lowest BCUT2D eigenvalue weighted by Crippen LogP contribution is -2.30. The number of rotatable bonds is 8. The van der Waals surface area contributed by atoms with Crippen molar-refractivity contribution in [1.82, 2.24) is 10.0 Å². The Labute approximate surface area is 138 Å². The molecule has 118 valence electrons.